The molecule has 1 N–H and O–H groups in total. The number of imidazole rings is 1. The molecule has 0 saturated heterocycles. The van der Waals surface area contributed by atoms with Crippen molar-refractivity contribution in [3.63, 3.8) is 0 Å². The highest BCUT2D eigenvalue weighted by molar-refractivity contribution is 6.30. The molecule has 0 aliphatic heterocycles. The topological polar surface area (TPSA) is 29.9 Å². The first kappa shape index (κ1) is 12.1. The highest BCUT2D eigenvalue weighted by Crippen LogP contribution is 2.15. The maximum Gasteiger partial charge on any atom is 0.0958 e. The van der Waals surface area contributed by atoms with E-state index in [-0.39, 0.29) is 0 Å². The maximum atomic E-state index is 5.95. The highest BCUT2D eigenvalue weighted by atomic mass is 35.5. The van der Waals surface area contributed by atoms with Gasteiger partial charge in [0.2, 0.25) is 0 Å². The lowest BCUT2D eigenvalue weighted by Gasteiger charge is -2.08. The summed E-state index contributed by atoms with van der Waals surface area (Å²) in [6.45, 7) is 1.70. The maximum absolute atomic E-state index is 5.95. The number of benzene rings is 2. The molecule has 96 valence electrons. The highest BCUT2D eigenvalue weighted by Gasteiger charge is 2.00. The molecule has 3 nitrogen and oxygen atoms in total. The second kappa shape index (κ2) is 5.33. The van der Waals surface area contributed by atoms with Gasteiger partial charge < -0.3 is 9.88 Å². The predicted molar refractivity (Wildman–Crippen MR) is 79.7 cm³/mol. The SMILES string of the molecule is Clc1cccc(NCCn2cnc3ccccc32)c1. The Labute approximate surface area is 116 Å². The number of halogens is 1. The number of nitrogens with zero attached hydrogens (tertiary/aromatic N) is 2. The van der Waals surface area contributed by atoms with Crippen molar-refractivity contribution in [2.24, 2.45) is 0 Å². The van der Waals surface area contributed by atoms with Crippen molar-refractivity contribution in [3.05, 3.63) is 59.9 Å². The van der Waals surface area contributed by atoms with Crippen molar-refractivity contribution in [1.29, 1.82) is 0 Å². The number of nitrogens with one attached hydrogen (secondary N) is 1. The van der Waals surface area contributed by atoms with Crippen molar-refractivity contribution in [3.8, 4) is 0 Å². The number of para-hydroxylation sites is 2. The number of hydrogen-bond donors (Lipinski definition) is 1. The minimum absolute atomic E-state index is 0.748. The fraction of sp³-hybridized carbons (Fsp3) is 0.133. The molecule has 0 saturated carbocycles. The summed E-state index contributed by atoms with van der Waals surface area (Å²) < 4.78 is 2.15. The standard InChI is InChI=1S/C15H14ClN3/c16-12-4-3-5-13(10-12)17-8-9-19-11-18-14-6-1-2-7-15(14)19/h1-7,10-11,17H,8-9H2. The second-order valence-corrected chi connectivity index (χ2v) is 4.80. The van der Waals surface area contributed by atoms with E-state index in [9.17, 15) is 0 Å². The molecule has 0 aliphatic carbocycles. The van der Waals surface area contributed by atoms with Crippen LogP contribution in [0.5, 0.6) is 0 Å². The average molecular weight is 272 g/mol. The zero-order valence-corrected chi connectivity index (χ0v) is 11.1. The minimum Gasteiger partial charge on any atom is -0.383 e. The van der Waals surface area contributed by atoms with Gasteiger partial charge >= 0.3 is 0 Å². The average Bonchev–Trinajstić information content (AvgIpc) is 2.83. The second-order valence-electron chi connectivity index (χ2n) is 4.36. The predicted octanol–water partition coefficient (Wildman–Crippen LogP) is 3.80. The van der Waals surface area contributed by atoms with Crippen LogP contribution in [0.4, 0.5) is 5.69 Å². The molecule has 0 spiro atoms. The van der Waals surface area contributed by atoms with Gasteiger partial charge in [-0.3, -0.25) is 0 Å². The molecule has 3 aromatic rings. The van der Waals surface area contributed by atoms with Crippen molar-refractivity contribution in [2.45, 2.75) is 6.54 Å². The molecule has 1 heterocycles. The Morgan fingerprint density at radius 1 is 1.11 bits per heavy atom. The van der Waals surface area contributed by atoms with E-state index in [0.717, 1.165) is 34.8 Å². The summed E-state index contributed by atoms with van der Waals surface area (Å²) in [4.78, 5) is 4.37. The van der Waals surface area contributed by atoms with Crippen LogP contribution in [0, 0.1) is 0 Å². The van der Waals surface area contributed by atoms with Crippen molar-refractivity contribution in [1.82, 2.24) is 9.55 Å². The normalized spacial score (nSPS) is 10.8. The summed E-state index contributed by atoms with van der Waals surface area (Å²) in [5.41, 5.74) is 3.23. The molecule has 0 aliphatic rings. The van der Waals surface area contributed by atoms with Gasteiger partial charge in [0.15, 0.2) is 0 Å². The number of anilines is 1. The number of aromatic nitrogens is 2. The molecule has 0 fully saturated rings. The van der Waals surface area contributed by atoms with E-state index in [1.165, 1.54) is 0 Å². The lowest BCUT2D eigenvalue weighted by Crippen LogP contribution is -2.09. The minimum atomic E-state index is 0.748. The van der Waals surface area contributed by atoms with E-state index >= 15 is 0 Å². The van der Waals surface area contributed by atoms with Gasteiger partial charge in [0.1, 0.15) is 0 Å². The van der Waals surface area contributed by atoms with E-state index in [2.05, 4.69) is 20.9 Å². The van der Waals surface area contributed by atoms with Crippen molar-refractivity contribution >= 4 is 28.3 Å². The van der Waals surface area contributed by atoms with E-state index in [1.54, 1.807) is 0 Å². The molecule has 4 heteroatoms. The first-order valence-electron chi connectivity index (χ1n) is 6.22. The van der Waals surface area contributed by atoms with Gasteiger partial charge in [-0.1, -0.05) is 29.8 Å². The molecule has 0 bridgehead atoms. The van der Waals surface area contributed by atoms with Crippen LogP contribution in [0.2, 0.25) is 5.02 Å². The Balaban J connectivity index is 1.66. The molecule has 19 heavy (non-hydrogen) atoms. The molecule has 1 aromatic heterocycles. The fourth-order valence-corrected chi connectivity index (χ4v) is 2.30. The zero-order chi connectivity index (χ0) is 13.1. The molecule has 0 atom stereocenters. The van der Waals surface area contributed by atoms with Crippen LogP contribution in [0.1, 0.15) is 0 Å². The lowest BCUT2D eigenvalue weighted by atomic mass is 10.3. The first-order valence-corrected chi connectivity index (χ1v) is 6.60. The fourth-order valence-electron chi connectivity index (χ4n) is 2.11. The number of rotatable bonds is 4. The van der Waals surface area contributed by atoms with Crippen LogP contribution >= 0.6 is 11.6 Å². The molecular weight excluding hydrogens is 258 g/mol. The van der Waals surface area contributed by atoms with Gasteiger partial charge in [-0.15, -0.1) is 0 Å². The molecule has 0 unspecified atom stereocenters. The van der Waals surface area contributed by atoms with Crippen molar-refractivity contribution in [2.75, 3.05) is 11.9 Å². The molecular formula is C15H14ClN3. The van der Waals surface area contributed by atoms with E-state index < -0.39 is 0 Å². The van der Waals surface area contributed by atoms with Gasteiger partial charge in [0.25, 0.3) is 0 Å². The number of hydrogen-bond acceptors (Lipinski definition) is 2. The van der Waals surface area contributed by atoms with Crippen LogP contribution < -0.4 is 5.32 Å². The molecule has 2 aromatic carbocycles. The first-order chi connectivity index (χ1) is 9.33. The Hall–Kier alpha value is -2.00. The quantitative estimate of drug-likeness (QED) is 0.782. The van der Waals surface area contributed by atoms with E-state index in [0.29, 0.717) is 0 Å². The summed E-state index contributed by atoms with van der Waals surface area (Å²) in [6, 6.07) is 15.9. The van der Waals surface area contributed by atoms with Crippen LogP contribution in [0.25, 0.3) is 11.0 Å². The zero-order valence-electron chi connectivity index (χ0n) is 10.4. The molecule has 0 radical (unpaired) electrons. The molecule has 0 amide bonds. The van der Waals surface area contributed by atoms with Gasteiger partial charge in [-0.05, 0) is 30.3 Å². The third kappa shape index (κ3) is 2.71. The van der Waals surface area contributed by atoms with Gasteiger partial charge in [0.05, 0.1) is 17.4 Å². The Bertz CT molecular complexity index is 690. The van der Waals surface area contributed by atoms with Crippen LogP contribution in [0.15, 0.2) is 54.9 Å². The van der Waals surface area contributed by atoms with Gasteiger partial charge in [0, 0.05) is 23.8 Å². The monoisotopic (exact) mass is 271 g/mol. The summed E-state index contributed by atoms with van der Waals surface area (Å²) >= 11 is 5.95. The summed E-state index contributed by atoms with van der Waals surface area (Å²) in [6.07, 6.45) is 1.88. The van der Waals surface area contributed by atoms with E-state index in [1.807, 2.05) is 48.8 Å². The van der Waals surface area contributed by atoms with Crippen molar-refractivity contribution < 1.29 is 0 Å². The Kier molecular flexibility index (Phi) is 3.38. The third-order valence-corrected chi connectivity index (χ3v) is 3.27. The van der Waals surface area contributed by atoms with Gasteiger partial charge in [-0.25, -0.2) is 4.98 Å². The Morgan fingerprint density at radius 3 is 2.89 bits per heavy atom. The third-order valence-electron chi connectivity index (χ3n) is 3.03. The summed E-state index contributed by atoms with van der Waals surface area (Å²) in [5, 5.41) is 4.10. The van der Waals surface area contributed by atoms with Gasteiger partial charge in [-0.2, -0.15) is 0 Å². The van der Waals surface area contributed by atoms with Crippen LogP contribution in [0.3, 0.4) is 0 Å². The van der Waals surface area contributed by atoms with Crippen LogP contribution in [-0.2, 0) is 6.54 Å². The lowest BCUT2D eigenvalue weighted by molar-refractivity contribution is 0.749. The van der Waals surface area contributed by atoms with Crippen LogP contribution in [-0.4, -0.2) is 16.1 Å². The molecule has 3 rings (SSSR count). The van der Waals surface area contributed by atoms with E-state index in [4.69, 9.17) is 11.6 Å². The smallest absolute Gasteiger partial charge is 0.0958 e. The Morgan fingerprint density at radius 2 is 2.00 bits per heavy atom. The largest absolute Gasteiger partial charge is 0.383 e. The summed E-state index contributed by atoms with van der Waals surface area (Å²) in [5.74, 6) is 0. The number of fused-ring (bicyclic) bond motifs is 1. The summed E-state index contributed by atoms with van der Waals surface area (Å²) in [7, 11) is 0.